The van der Waals surface area contributed by atoms with E-state index in [2.05, 4.69) is 51.8 Å². The number of nitrogens with two attached hydrogens (primary N) is 2. The zero-order valence-corrected chi connectivity index (χ0v) is 42.7. The maximum Gasteiger partial charge on any atom is 0.407 e. The number of hydrogen-bond donors (Lipinski definition) is 8. The van der Waals surface area contributed by atoms with E-state index in [9.17, 15) is 38.4 Å². The van der Waals surface area contributed by atoms with Gasteiger partial charge in [-0.15, -0.1) is 0 Å². The normalized spacial score (nSPS) is 14.3. The fraction of sp³-hybridized carbons (Fsp3) is 0.404. The Morgan fingerprint density at radius 3 is 2.24 bits per heavy atom. The zero-order chi connectivity index (χ0) is 54.6. The topological polar surface area (TPSA) is 334 Å². The molecule has 24 heteroatoms. The third-order valence-electron chi connectivity index (χ3n) is 12.1. The van der Waals surface area contributed by atoms with E-state index in [1.165, 1.54) is 18.3 Å². The minimum atomic E-state index is -1.06. The molecule has 10 N–H and O–H groups in total. The molecular weight excluding hydrogens is 983 g/mol. The van der Waals surface area contributed by atoms with Crippen molar-refractivity contribution >= 4 is 70.4 Å². The third-order valence-corrected chi connectivity index (χ3v) is 12.1. The molecule has 0 bridgehead atoms. The number of nitrogens with zero attached hydrogens (tertiary/aromatic N) is 5. The summed E-state index contributed by atoms with van der Waals surface area (Å²) >= 11 is 0. The number of urea groups is 1. The maximum absolute atomic E-state index is 13.6. The Balaban J connectivity index is 0.929. The monoisotopic (exact) mass is 1050 g/mol. The van der Waals surface area contributed by atoms with Crippen molar-refractivity contribution in [2.24, 2.45) is 11.7 Å². The van der Waals surface area contributed by atoms with E-state index in [0.717, 1.165) is 10.6 Å². The molecule has 404 valence electrons. The molecule has 2 aliphatic rings. The van der Waals surface area contributed by atoms with Crippen molar-refractivity contribution in [3.8, 4) is 17.0 Å². The number of rotatable bonds is 26. The van der Waals surface area contributed by atoms with Crippen LogP contribution in [0, 0.1) is 5.92 Å². The Hall–Kier alpha value is -8.67. The summed E-state index contributed by atoms with van der Waals surface area (Å²) in [5.41, 5.74) is 14.6. The van der Waals surface area contributed by atoms with Crippen molar-refractivity contribution in [2.45, 2.75) is 84.0 Å². The van der Waals surface area contributed by atoms with Gasteiger partial charge in [-0.25, -0.2) is 19.6 Å². The van der Waals surface area contributed by atoms with Gasteiger partial charge in [0.1, 0.15) is 31.0 Å². The van der Waals surface area contributed by atoms with Crippen molar-refractivity contribution in [1.29, 1.82) is 0 Å². The van der Waals surface area contributed by atoms with E-state index in [0.29, 0.717) is 85.9 Å². The number of imide groups is 1. The molecule has 3 atom stereocenters. The van der Waals surface area contributed by atoms with Crippen molar-refractivity contribution in [2.75, 3.05) is 67.3 Å². The molecular formula is C52H65N13O11. The minimum Gasteiger partial charge on any atom is -0.491 e. The molecule has 1 saturated heterocycles. The molecule has 24 nitrogen and oxygen atoms in total. The van der Waals surface area contributed by atoms with Crippen LogP contribution in [0.25, 0.3) is 11.3 Å². The summed E-state index contributed by atoms with van der Waals surface area (Å²) in [4.78, 5) is 117. The summed E-state index contributed by atoms with van der Waals surface area (Å²) < 4.78 is 16.8. The first-order chi connectivity index (χ1) is 36.5. The van der Waals surface area contributed by atoms with Crippen LogP contribution < -0.4 is 53.0 Å². The Morgan fingerprint density at radius 1 is 0.816 bits per heavy atom. The lowest BCUT2D eigenvalue weighted by atomic mass is 10.0. The standard InChI is InChI=1S/C52H65N13O11/c1-32(2)45(63-42(66)9-5-4-6-23-65-43(67)18-19-44(65)68)49(70)61-38(8-7-21-56-51(54)72)48(69)59-36-14-10-34(11-15-36)31-76-52(73)58-33(3)30-75-37-16-12-35(13-17-37)39-29-57-47(53)46(60-39)50(71)62-40-28-55-22-20-41(40)64-24-26-74-27-25-64/h10-20,22,28-29,32-33,38,45H,4-9,21,23-27,30-31H2,1-3H3,(H2,53,57)(H,58,73)(H,59,69)(H,61,70)(H,62,71)(H,63,66)(H3,54,56,72)/t33?,38-,45-/m0/s1. The van der Waals surface area contributed by atoms with Gasteiger partial charge in [-0.2, -0.15) is 0 Å². The molecule has 4 heterocycles. The van der Waals surface area contributed by atoms with Gasteiger partial charge in [0, 0.05) is 62.2 Å². The van der Waals surface area contributed by atoms with Gasteiger partial charge in [0.25, 0.3) is 17.7 Å². The number of nitrogen functional groups attached to an aromatic ring is 1. The number of pyridine rings is 1. The zero-order valence-electron chi connectivity index (χ0n) is 42.7. The SMILES string of the molecule is CC(COc1ccc(-c2cnc(N)c(C(=O)Nc3cnccc3N3CCOCC3)n2)cc1)NC(=O)OCc1ccc(NC(=O)[C@H](CCCNC(N)=O)NC(=O)[C@@H](NC(=O)CCCCCN2C(=O)C=CC2=O)C(C)C)cc1. The number of morpholine rings is 1. The highest BCUT2D eigenvalue weighted by Gasteiger charge is 2.29. The highest BCUT2D eigenvalue weighted by molar-refractivity contribution is 6.13. The number of anilines is 4. The van der Waals surface area contributed by atoms with Gasteiger partial charge in [0.15, 0.2) is 11.5 Å². The Kier molecular flexibility index (Phi) is 21.0. The number of alkyl carbamates (subject to hydrolysis) is 1. The predicted octanol–water partition coefficient (Wildman–Crippen LogP) is 3.40. The van der Waals surface area contributed by atoms with Crippen LogP contribution in [-0.4, -0.2) is 132 Å². The van der Waals surface area contributed by atoms with Gasteiger partial charge >= 0.3 is 12.1 Å². The van der Waals surface area contributed by atoms with E-state index in [-0.39, 0.29) is 74.3 Å². The average Bonchev–Trinajstić information content (AvgIpc) is 3.73. The van der Waals surface area contributed by atoms with Gasteiger partial charge in [-0.1, -0.05) is 32.4 Å². The summed E-state index contributed by atoms with van der Waals surface area (Å²) in [6.45, 7) is 8.18. The van der Waals surface area contributed by atoms with E-state index in [1.807, 2.05) is 6.07 Å². The van der Waals surface area contributed by atoms with Crippen LogP contribution in [0.3, 0.4) is 0 Å². The van der Waals surface area contributed by atoms with E-state index < -0.39 is 48.0 Å². The van der Waals surface area contributed by atoms with E-state index in [4.69, 9.17) is 25.7 Å². The van der Waals surface area contributed by atoms with Crippen LogP contribution in [0.15, 0.2) is 85.3 Å². The Morgan fingerprint density at radius 2 is 1.54 bits per heavy atom. The lowest BCUT2D eigenvalue weighted by Gasteiger charge is -2.30. The highest BCUT2D eigenvalue weighted by Crippen LogP contribution is 2.27. The Bertz CT molecular complexity index is 2700. The number of unbranched alkanes of at least 4 members (excludes halogenated alkanes) is 2. The summed E-state index contributed by atoms with van der Waals surface area (Å²) in [6.07, 6.45) is 8.56. The van der Waals surface area contributed by atoms with Crippen molar-refractivity contribution in [1.82, 2.24) is 41.1 Å². The van der Waals surface area contributed by atoms with Gasteiger partial charge in [0.05, 0.1) is 48.7 Å². The van der Waals surface area contributed by atoms with Crippen LogP contribution in [0.4, 0.5) is 32.5 Å². The quantitative estimate of drug-likeness (QED) is 0.0330. The number of ether oxygens (including phenoxy) is 3. The third kappa shape index (κ3) is 17.2. The number of carbonyl (C=O) groups is 8. The van der Waals surface area contributed by atoms with Crippen LogP contribution in [0.2, 0.25) is 0 Å². The summed E-state index contributed by atoms with van der Waals surface area (Å²) in [6, 6.07) is 12.1. The first kappa shape index (κ1) is 56.6. The lowest BCUT2D eigenvalue weighted by molar-refractivity contribution is -0.137. The van der Waals surface area contributed by atoms with Crippen LogP contribution >= 0.6 is 0 Å². The minimum absolute atomic E-state index is 0.0327. The molecule has 4 aromatic rings. The molecule has 9 amide bonds. The largest absolute Gasteiger partial charge is 0.491 e. The molecule has 0 aliphatic carbocycles. The van der Waals surface area contributed by atoms with Crippen molar-refractivity contribution < 1.29 is 52.6 Å². The van der Waals surface area contributed by atoms with Gasteiger partial charge in [-0.3, -0.25) is 38.7 Å². The first-order valence-corrected chi connectivity index (χ1v) is 25.0. The van der Waals surface area contributed by atoms with Crippen LogP contribution in [-0.2, 0) is 40.1 Å². The number of aromatic nitrogens is 3. The summed E-state index contributed by atoms with van der Waals surface area (Å²) in [7, 11) is 0. The maximum atomic E-state index is 13.6. The Labute approximate surface area is 439 Å². The van der Waals surface area contributed by atoms with Gasteiger partial charge in [0.2, 0.25) is 17.7 Å². The fourth-order valence-corrected chi connectivity index (χ4v) is 7.95. The predicted molar refractivity (Wildman–Crippen MR) is 280 cm³/mol. The molecule has 6 rings (SSSR count). The second-order valence-electron chi connectivity index (χ2n) is 18.3. The first-order valence-electron chi connectivity index (χ1n) is 25.0. The summed E-state index contributed by atoms with van der Waals surface area (Å²) in [5.74, 6) is -2.61. The van der Waals surface area contributed by atoms with E-state index >= 15 is 0 Å². The second kappa shape index (κ2) is 28.1. The molecule has 2 aromatic heterocycles. The molecule has 0 spiro atoms. The number of primary amides is 1. The van der Waals surface area contributed by atoms with Gasteiger partial charge in [-0.05, 0) is 86.6 Å². The number of nitrogens with one attached hydrogen (secondary N) is 6. The second-order valence-corrected chi connectivity index (χ2v) is 18.3. The lowest BCUT2D eigenvalue weighted by Crippen LogP contribution is -2.54. The molecule has 2 aliphatic heterocycles. The van der Waals surface area contributed by atoms with Gasteiger partial charge < -0.3 is 62.5 Å². The molecule has 1 fully saturated rings. The van der Waals surface area contributed by atoms with Crippen LogP contribution in [0.5, 0.6) is 5.75 Å². The van der Waals surface area contributed by atoms with Crippen molar-refractivity contribution in [3.63, 3.8) is 0 Å². The van der Waals surface area contributed by atoms with E-state index in [1.54, 1.807) is 81.7 Å². The fourth-order valence-electron chi connectivity index (χ4n) is 7.95. The van der Waals surface area contributed by atoms with Crippen molar-refractivity contribution in [3.05, 3.63) is 96.6 Å². The number of amides is 9. The molecule has 2 aromatic carbocycles. The highest BCUT2D eigenvalue weighted by atomic mass is 16.5. The summed E-state index contributed by atoms with van der Waals surface area (Å²) in [5, 5.41) is 16.4. The number of hydrogen-bond acceptors (Lipinski definition) is 16. The molecule has 76 heavy (non-hydrogen) atoms. The smallest absolute Gasteiger partial charge is 0.407 e. The molecule has 0 radical (unpaired) electrons. The molecule has 0 saturated carbocycles. The number of benzene rings is 2. The van der Waals surface area contributed by atoms with Crippen LogP contribution in [0.1, 0.15) is 75.3 Å². The molecule has 1 unspecified atom stereocenters. The number of carbonyl (C=O) groups excluding carboxylic acids is 8. The average molecular weight is 1050 g/mol.